The van der Waals surface area contributed by atoms with Gasteiger partial charge in [0.05, 0.1) is 12.1 Å². The number of benzene rings is 1. The van der Waals surface area contributed by atoms with Gasteiger partial charge in [-0.1, -0.05) is 17.7 Å². The Morgan fingerprint density at radius 2 is 2.35 bits per heavy atom. The summed E-state index contributed by atoms with van der Waals surface area (Å²) in [5.74, 6) is 0.676. The summed E-state index contributed by atoms with van der Waals surface area (Å²) in [5.41, 5.74) is 1.12. The van der Waals surface area contributed by atoms with Crippen LogP contribution in [0.15, 0.2) is 18.2 Å². The molecule has 1 N–H and O–H groups in total. The Morgan fingerprint density at radius 1 is 1.53 bits per heavy atom. The van der Waals surface area contributed by atoms with Crippen LogP contribution < -0.4 is 10.1 Å². The molecular formula is C12H15ClN2O2. The first-order valence-electron chi connectivity index (χ1n) is 5.56. The van der Waals surface area contributed by atoms with Gasteiger partial charge in [0.1, 0.15) is 5.75 Å². The number of rotatable bonds is 4. The van der Waals surface area contributed by atoms with E-state index < -0.39 is 0 Å². The smallest absolute Gasteiger partial charge is 0.317 e. The van der Waals surface area contributed by atoms with Gasteiger partial charge in [-0.2, -0.15) is 0 Å². The molecule has 0 aliphatic carbocycles. The van der Waals surface area contributed by atoms with Gasteiger partial charge in [-0.25, -0.2) is 4.79 Å². The average molecular weight is 255 g/mol. The topological polar surface area (TPSA) is 41.6 Å². The van der Waals surface area contributed by atoms with Crippen LogP contribution in [0.3, 0.4) is 0 Å². The van der Waals surface area contributed by atoms with E-state index in [1.807, 2.05) is 18.2 Å². The maximum atomic E-state index is 11.3. The van der Waals surface area contributed by atoms with Crippen LogP contribution in [0, 0.1) is 0 Å². The molecule has 0 atom stereocenters. The van der Waals surface area contributed by atoms with E-state index >= 15 is 0 Å². The predicted octanol–water partition coefficient (Wildman–Crippen LogP) is 1.92. The highest BCUT2D eigenvalue weighted by atomic mass is 35.5. The number of urea groups is 1. The molecule has 1 aliphatic rings. The third-order valence-corrected chi connectivity index (χ3v) is 3.14. The Labute approximate surface area is 106 Å². The van der Waals surface area contributed by atoms with Gasteiger partial charge in [0.2, 0.25) is 0 Å². The lowest BCUT2D eigenvalue weighted by Gasteiger charge is -2.14. The molecule has 1 heterocycles. The second-order valence-electron chi connectivity index (χ2n) is 3.94. The van der Waals surface area contributed by atoms with Gasteiger partial charge in [0.15, 0.2) is 0 Å². The summed E-state index contributed by atoms with van der Waals surface area (Å²) in [7, 11) is 1.60. The second kappa shape index (κ2) is 5.27. The van der Waals surface area contributed by atoms with Crippen LogP contribution in [0.1, 0.15) is 5.56 Å². The lowest BCUT2D eigenvalue weighted by molar-refractivity contribution is 0.218. The standard InChI is InChI=1S/C12H15ClN2O2/c1-17-11-8-9(2-3-10(11)13)4-6-15-7-5-14-12(15)16/h2-3,8H,4-7H2,1H3,(H,14,16). The van der Waals surface area contributed by atoms with Crippen molar-refractivity contribution >= 4 is 17.6 Å². The van der Waals surface area contributed by atoms with Crippen LogP contribution in [-0.4, -0.2) is 37.7 Å². The van der Waals surface area contributed by atoms with Gasteiger partial charge in [0.25, 0.3) is 0 Å². The van der Waals surface area contributed by atoms with E-state index in [0.29, 0.717) is 10.8 Å². The summed E-state index contributed by atoms with van der Waals surface area (Å²) in [6.07, 6.45) is 0.806. The predicted molar refractivity (Wildman–Crippen MR) is 66.7 cm³/mol. The molecule has 5 heteroatoms. The second-order valence-corrected chi connectivity index (χ2v) is 4.35. The van der Waals surface area contributed by atoms with E-state index in [2.05, 4.69) is 5.32 Å². The van der Waals surface area contributed by atoms with Gasteiger partial charge < -0.3 is 15.0 Å². The van der Waals surface area contributed by atoms with Crippen LogP contribution in [0.2, 0.25) is 5.02 Å². The van der Waals surface area contributed by atoms with E-state index in [-0.39, 0.29) is 6.03 Å². The van der Waals surface area contributed by atoms with Crippen LogP contribution >= 0.6 is 11.6 Å². The van der Waals surface area contributed by atoms with Gasteiger partial charge in [-0.3, -0.25) is 0 Å². The molecule has 2 amide bonds. The third-order valence-electron chi connectivity index (χ3n) is 2.83. The number of nitrogens with zero attached hydrogens (tertiary/aromatic N) is 1. The fraction of sp³-hybridized carbons (Fsp3) is 0.417. The third kappa shape index (κ3) is 2.82. The number of methoxy groups -OCH3 is 1. The van der Waals surface area contributed by atoms with Gasteiger partial charge in [-0.15, -0.1) is 0 Å². The van der Waals surface area contributed by atoms with Crippen LogP contribution in [0.4, 0.5) is 4.79 Å². The number of nitrogens with one attached hydrogen (secondary N) is 1. The van der Waals surface area contributed by atoms with Gasteiger partial charge in [0, 0.05) is 19.6 Å². The summed E-state index contributed by atoms with van der Waals surface area (Å²) in [6.45, 7) is 2.24. The summed E-state index contributed by atoms with van der Waals surface area (Å²) < 4.78 is 5.15. The Balaban J connectivity index is 1.97. The maximum absolute atomic E-state index is 11.3. The highest BCUT2D eigenvalue weighted by Crippen LogP contribution is 2.25. The number of ether oxygens (including phenoxy) is 1. The molecule has 1 fully saturated rings. The number of hydrogen-bond donors (Lipinski definition) is 1. The molecule has 0 unspecified atom stereocenters. The molecule has 0 radical (unpaired) electrons. The molecule has 92 valence electrons. The number of carbonyl (C=O) groups excluding carboxylic acids is 1. The summed E-state index contributed by atoms with van der Waals surface area (Å²) in [6, 6.07) is 5.71. The zero-order chi connectivity index (χ0) is 12.3. The SMILES string of the molecule is COc1cc(CCN2CCNC2=O)ccc1Cl. The van der Waals surface area contributed by atoms with Crippen LogP contribution in [0.5, 0.6) is 5.75 Å². The molecule has 0 saturated carbocycles. The van der Waals surface area contributed by atoms with Crippen molar-refractivity contribution in [1.29, 1.82) is 0 Å². The van der Waals surface area contributed by atoms with E-state index in [0.717, 1.165) is 31.6 Å². The fourth-order valence-electron chi connectivity index (χ4n) is 1.85. The summed E-state index contributed by atoms with van der Waals surface area (Å²) >= 11 is 5.95. The number of hydrogen-bond acceptors (Lipinski definition) is 2. The summed E-state index contributed by atoms with van der Waals surface area (Å²) in [4.78, 5) is 13.1. The molecule has 4 nitrogen and oxygen atoms in total. The Hall–Kier alpha value is -1.42. The molecule has 0 bridgehead atoms. The highest BCUT2D eigenvalue weighted by molar-refractivity contribution is 6.32. The van der Waals surface area contributed by atoms with Gasteiger partial charge >= 0.3 is 6.03 Å². The minimum absolute atomic E-state index is 0.0194. The first kappa shape index (κ1) is 12.0. The van der Waals surface area contributed by atoms with E-state index in [1.54, 1.807) is 12.0 Å². The Morgan fingerprint density at radius 3 is 3.00 bits per heavy atom. The zero-order valence-corrected chi connectivity index (χ0v) is 10.5. The van der Waals surface area contributed by atoms with Crippen molar-refractivity contribution in [3.63, 3.8) is 0 Å². The molecule has 1 saturated heterocycles. The molecular weight excluding hydrogens is 240 g/mol. The minimum Gasteiger partial charge on any atom is -0.495 e. The first-order valence-corrected chi connectivity index (χ1v) is 5.93. The average Bonchev–Trinajstić information content (AvgIpc) is 2.74. The Bertz CT molecular complexity index is 423. The molecule has 17 heavy (non-hydrogen) atoms. The molecule has 0 aromatic heterocycles. The van der Waals surface area contributed by atoms with Crippen molar-refractivity contribution in [2.75, 3.05) is 26.7 Å². The molecule has 2 rings (SSSR count). The van der Waals surface area contributed by atoms with Crippen LogP contribution in [0.25, 0.3) is 0 Å². The lowest BCUT2D eigenvalue weighted by atomic mass is 10.1. The van der Waals surface area contributed by atoms with Crippen molar-refractivity contribution in [2.45, 2.75) is 6.42 Å². The maximum Gasteiger partial charge on any atom is 0.317 e. The van der Waals surface area contributed by atoms with Crippen molar-refractivity contribution in [1.82, 2.24) is 10.2 Å². The largest absolute Gasteiger partial charge is 0.495 e. The van der Waals surface area contributed by atoms with E-state index in [1.165, 1.54) is 0 Å². The molecule has 1 aromatic carbocycles. The molecule has 0 spiro atoms. The Kier molecular flexibility index (Phi) is 3.74. The first-order chi connectivity index (χ1) is 8.20. The minimum atomic E-state index is 0.0194. The lowest BCUT2D eigenvalue weighted by Crippen LogP contribution is -2.29. The van der Waals surface area contributed by atoms with Crippen molar-refractivity contribution < 1.29 is 9.53 Å². The molecule has 1 aromatic rings. The van der Waals surface area contributed by atoms with Crippen molar-refractivity contribution in [3.8, 4) is 5.75 Å². The van der Waals surface area contributed by atoms with Crippen molar-refractivity contribution in [3.05, 3.63) is 28.8 Å². The monoisotopic (exact) mass is 254 g/mol. The fourth-order valence-corrected chi connectivity index (χ4v) is 2.04. The normalized spacial score (nSPS) is 14.9. The number of amides is 2. The highest BCUT2D eigenvalue weighted by Gasteiger charge is 2.18. The summed E-state index contributed by atoms with van der Waals surface area (Å²) in [5, 5.41) is 3.39. The number of carbonyl (C=O) groups is 1. The van der Waals surface area contributed by atoms with Crippen molar-refractivity contribution in [2.24, 2.45) is 0 Å². The zero-order valence-electron chi connectivity index (χ0n) is 9.70. The van der Waals surface area contributed by atoms with Gasteiger partial charge in [-0.05, 0) is 24.1 Å². The quantitative estimate of drug-likeness (QED) is 0.892. The van der Waals surface area contributed by atoms with E-state index in [9.17, 15) is 4.79 Å². The van der Waals surface area contributed by atoms with Crippen LogP contribution in [-0.2, 0) is 6.42 Å². The number of halogens is 1. The van der Waals surface area contributed by atoms with E-state index in [4.69, 9.17) is 16.3 Å². The molecule has 1 aliphatic heterocycles.